The fourth-order valence-corrected chi connectivity index (χ4v) is 4.31. The van der Waals surface area contributed by atoms with Crippen molar-refractivity contribution in [1.29, 1.82) is 0 Å². The van der Waals surface area contributed by atoms with Crippen molar-refractivity contribution >= 4 is 23.5 Å². The third-order valence-electron chi connectivity index (χ3n) is 3.53. The van der Waals surface area contributed by atoms with Crippen LogP contribution in [0.4, 0.5) is 4.39 Å². The molecule has 1 aliphatic rings. The van der Waals surface area contributed by atoms with E-state index in [0.29, 0.717) is 6.04 Å². The molecule has 0 N–H and O–H groups in total. The summed E-state index contributed by atoms with van der Waals surface area (Å²) in [6.45, 7) is 0. The second kappa shape index (κ2) is 7.26. The second-order valence-electron chi connectivity index (χ2n) is 5.00. The Labute approximate surface area is 131 Å². The summed E-state index contributed by atoms with van der Waals surface area (Å²) in [6.07, 6.45) is 4.91. The monoisotopic (exact) mass is 324 g/mol. The summed E-state index contributed by atoms with van der Waals surface area (Å²) in [7, 11) is 0. The minimum Gasteiger partial charge on any atom is -0.217 e. The van der Waals surface area contributed by atoms with Gasteiger partial charge in [-0.15, -0.1) is 16.9 Å². The van der Waals surface area contributed by atoms with Crippen LogP contribution in [0.2, 0.25) is 0 Å². The van der Waals surface area contributed by atoms with Crippen molar-refractivity contribution < 1.29 is 4.39 Å². The first-order valence-electron chi connectivity index (χ1n) is 7.12. The van der Waals surface area contributed by atoms with E-state index in [-0.39, 0.29) is 5.82 Å². The van der Waals surface area contributed by atoms with Crippen LogP contribution in [0.3, 0.4) is 0 Å². The van der Waals surface area contributed by atoms with Gasteiger partial charge in [0, 0.05) is 16.4 Å². The first kappa shape index (κ1) is 14.8. The van der Waals surface area contributed by atoms with Crippen molar-refractivity contribution in [2.75, 3.05) is 11.5 Å². The highest BCUT2D eigenvalue weighted by Gasteiger charge is 2.21. The number of benzene rings is 1. The van der Waals surface area contributed by atoms with E-state index >= 15 is 0 Å². The fourth-order valence-electron chi connectivity index (χ4n) is 2.48. The van der Waals surface area contributed by atoms with Gasteiger partial charge in [-0.2, -0.15) is 0 Å². The third kappa shape index (κ3) is 3.97. The quantitative estimate of drug-likeness (QED) is 0.597. The van der Waals surface area contributed by atoms with Crippen LogP contribution in [0, 0.1) is 5.82 Å². The molecule has 2 aromatic rings. The molecule has 1 aromatic heterocycles. The summed E-state index contributed by atoms with van der Waals surface area (Å²) in [4.78, 5) is 1.09. The smallest absolute Gasteiger partial charge is 0.209 e. The van der Waals surface area contributed by atoms with Crippen LogP contribution in [-0.4, -0.2) is 31.7 Å². The average molecular weight is 324 g/mol. The van der Waals surface area contributed by atoms with Crippen LogP contribution in [0.15, 0.2) is 34.3 Å². The molecule has 0 bridgehead atoms. The number of nitrogens with zero attached hydrogens (tertiary/aromatic N) is 4. The van der Waals surface area contributed by atoms with Gasteiger partial charge in [0.15, 0.2) is 0 Å². The fraction of sp³-hybridized carbons (Fsp3) is 0.500. The molecule has 1 heterocycles. The highest BCUT2D eigenvalue weighted by Crippen LogP contribution is 2.31. The predicted molar refractivity (Wildman–Crippen MR) is 83.2 cm³/mol. The number of halogens is 1. The van der Waals surface area contributed by atoms with Gasteiger partial charge in [-0.05, 0) is 47.5 Å². The first-order valence-corrected chi connectivity index (χ1v) is 9.09. The van der Waals surface area contributed by atoms with Gasteiger partial charge in [-0.3, -0.25) is 0 Å². The minimum atomic E-state index is -0.190. The zero-order chi connectivity index (χ0) is 14.5. The lowest BCUT2D eigenvalue weighted by Crippen LogP contribution is -2.08. The maximum Gasteiger partial charge on any atom is 0.209 e. The largest absolute Gasteiger partial charge is 0.217 e. The third-order valence-corrected chi connectivity index (χ3v) is 5.74. The van der Waals surface area contributed by atoms with Gasteiger partial charge in [0.25, 0.3) is 0 Å². The molecule has 7 heteroatoms. The zero-order valence-corrected chi connectivity index (χ0v) is 13.2. The molecule has 0 radical (unpaired) electrons. The van der Waals surface area contributed by atoms with E-state index in [2.05, 4.69) is 15.5 Å². The zero-order valence-electron chi connectivity index (χ0n) is 11.6. The Morgan fingerprint density at radius 1 is 1.10 bits per heavy atom. The Balaban J connectivity index is 1.47. The van der Waals surface area contributed by atoms with E-state index in [0.717, 1.165) is 21.6 Å². The number of hydrogen-bond donors (Lipinski definition) is 0. The highest BCUT2D eigenvalue weighted by atomic mass is 32.2. The standard InChI is InChI=1S/C14H17FN4S2/c15-11-5-7-13(8-6-11)20-9-10-21-14-16-17-18-19(14)12-3-1-2-4-12/h5-8,12H,1-4,9-10H2. The van der Waals surface area contributed by atoms with Crippen LogP contribution < -0.4 is 0 Å². The van der Waals surface area contributed by atoms with Gasteiger partial charge in [0.1, 0.15) is 5.82 Å². The van der Waals surface area contributed by atoms with E-state index in [1.165, 1.54) is 37.8 Å². The molecule has 21 heavy (non-hydrogen) atoms. The number of aromatic nitrogens is 4. The number of rotatable bonds is 6. The Hall–Kier alpha value is -1.08. The molecule has 1 saturated carbocycles. The second-order valence-corrected chi connectivity index (χ2v) is 7.23. The SMILES string of the molecule is Fc1ccc(SCCSc2nnnn2C2CCCC2)cc1. The van der Waals surface area contributed by atoms with E-state index in [1.807, 2.05) is 16.8 Å². The summed E-state index contributed by atoms with van der Waals surface area (Å²) >= 11 is 3.42. The summed E-state index contributed by atoms with van der Waals surface area (Å²) in [6, 6.07) is 7.10. The average Bonchev–Trinajstić information content (AvgIpc) is 3.16. The van der Waals surface area contributed by atoms with Gasteiger partial charge in [-0.1, -0.05) is 24.6 Å². The van der Waals surface area contributed by atoms with Gasteiger partial charge < -0.3 is 0 Å². The highest BCUT2D eigenvalue weighted by molar-refractivity contribution is 8.02. The van der Waals surface area contributed by atoms with Crippen LogP contribution in [0.25, 0.3) is 0 Å². The predicted octanol–water partition coefficient (Wildman–Crippen LogP) is 3.81. The Morgan fingerprint density at radius 2 is 1.81 bits per heavy atom. The van der Waals surface area contributed by atoms with Gasteiger partial charge in [0.05, 0.1) is 6.04 Å². The molecule has 0 spiro atoms. The van der Waals surface area contributed by atoms with E-state index in [4.69, 9.17) is 0 Å². The lowest BCUT2D eigenvalue weighted by atomic mass is 10.3. The summed E-state index contributed by atoms with van der Waals surface area (Å²) in [5.74, 6) is 1.70. The molecule has 112 valence electrons. The Bertz CT molecular complexity index is 567. The molecular weight excluding hydrogens is 307 g/mol. The maximum atomic E-state index is 12.8. The number of hydrogen-bond acceptors (Lipinski definition) is 5. The lowest BCUT2D eigenvalue weighted by molar-refractivity contribution is 0.423. The van der Waals surface area contributed by atoms with Crippen LogP contribution in [-0.2, 0) is 0 Å². The van der Waals surface area contributed by atoms with E-state index in [9.17, 15) is 4.39 Å². The molecule has 1 fully saturated rings. The van der Waals surface area contributed by atoms with Crippen LogP contribution >= 0.6 is 23.5 Å². The molecule has 1 aliphatic carbocycles. The topological polar surface area (TPSA) is 43.6 Å². The van der Waals surface area contributed by atoms with Gasteiger partial charge >= 0.3 is 0 Å². The normalized spacial score (nSPS) is 15.7. The van der Waals surface area contributed by atoms with E-state index < -0.39 is 0 Å². The van der Waals surface area contributed by atoms with Crippen molar-refractivity contribution in [2.24, 2.45) is 0 Å². The molecular formula is C14H17FN4S2. The summed E-state index contributed by atoms with van der Waals surface area (Å²) < 4.78 is 14.8. The van der Waals surface area contributed by atoms with Crippen LogP contribution in [0.5, 0.6) is 0 Å². The lowest BCUT2D eigenvalue weighted by Gasteiger charge is -2.10. The molecule has 0 atom stereocenters. The molecule has 4 nitrogen and oxygen atoms in total. The van der Waals surface area contributed by atoms with Crippen molar-refractivity contribution in [1.82, 2.24) is 20.2 Å². The van der Waals surface area contributed by atoms with Crippen molar-refractivity contribution in [3.63, 3.8) is 0 Å². The van der Waals surface area contributed by atoms with Crippen molar-refractivity contribution in [3.05, 3.63) is 30.1 Å². The van der Waals surface area contributed by atoms with Crippen molar-refractivity contribution in [3.8, 4) is 0 Å². The summed E-state index contributed by atoms with van der Waals surface area (Å²) in [5, 5.41) is 13.0. The number of tetrazole rings is 1. The molecule has 0 saturated heterocycles. The van der Waals surface area contributed by atoms with Gasteiger partial charge in [0.2, 0.25) is 5.16 Å². The Kier molecular flexibility index (Phi) is 5.13. The molecule has 3 rings (SSSR count). The van der Waals surface area contributed by atoms with Gasteiger partial charge in [-0.25, -0.2) is 9.07 Å². The molecule has 0 amide bonds. The van der Waals surface area contributed by atoms with E-state index in [1.54, 1.807) is 23.5 Å². The van der Waals surface area contributed by atoms with Crippen molar-refractivity contribution in [2.45, 2.75) is 41.8 Å². The molecule has 0 aliphatic heterocycles. The molecule has 1 aromatic carbocycles. The maximum absolute atomic E-state index is 12.8. The number of thioether (sulfide) groups is 2. The first-order chi connectivity index (χ1) is 10.3. The molecule has 0 unspecified atom stereocenters. The minimum absolute atomic E-state index is 0.190. The summed E-state index contributed by atoms with van der Waals surface area (Å²) in [5.41, 5.74) is 0. The van der Waals surface area contributed by atoms with Crippen LogP contribution in [0.1, 0.15) is 31.7 Å². The Morgan fingerprint density at radius 3 is 2.57 bits per heavy atom.